The number of hydrogen-bond acceptors (Lipinski definition) is 4. The molecule has 2 aromatic rings. The van der Waals surface area contributed by atoms with Crippen molar-refractivity contribution in [3.05, 3.63) is 53.7 Å². The zero-order chi connectivity index (χ0) is 16.9. The van der Waals surface area contributed by atoms with Crippen LogP contribution in [0.5, 0.6) is 5.75 Å². The third-order valence-corrected chi connectivity index (χ3v) is 3.93. The number of aromatic nitrogens is 1. The van der Waals surface area contributed by atoms with Gasteiger partial charge in [-0.05, 0) is 17.7 Å². The van der Waals surface area contributed by atoms with E-state index in [2.05, 4.69) is 21.7 Å². The van der Waals surface area contributed by atoms with Gasteiger partial charge in [0.15, 0.2) is 0 Å². The lowest BCUT2D eigenvalue weighted by molar-refractivity contribution is 0.214. The standard InChI is InChI=1S/C18H22N4O2/c1-22(2)17-14(7-5-9-19-17)11-20-18(23)21-12-15-10-13-6-3-4-8-16(13)24-15/h3-9,15H,10-12H2,1-2H3,(H2,20,21,23). The number of hydrogen-bond donors (Lipinski definition) is 2. The van der Waals surface area contributed by atoms with Crippen molar-refractivity contribution in [2.75, 3.05) is 25.5 Å². The maximum Gasteiger partial charge on any atom is 0.315 e. The molecule has 1 aliphatic rings. The Morgan fingerprint density at radius 1 is 1.25 bits per heavy atom. The molecule has 2 N–H and O–H groups in total. The second-order valence-corrected chi connectivity index (χ2v) is 6.00. The Labute approximate surface area is 141 Å². The van der Waals surface area contributed by atoms with Crippen molar-refractivity contribution < 1.29 is 9.53 Å². The fraction of sp³-hybridized carbons (Fsp3) is 0.333. The van der Waals surface area contributed by atoms with E-state index in [9.17, 15) is 4.79 Å². The lowest BCUT2D eigenvalue weighted by Crippen LogP contribution is -2.40. The molecule has 126 valence electrons. The summed E-state index contributed by atoms with van der Waals surface area (Å²) < 4.78 is 5.81. The SMILES string of the molecule is CN(C)c1ncccc1CNC(=O)NCC1Cc2ccccc2O1. The number of ether oxygens (including phenoxy) is 1. The average molecular weight is 326 g/mol. The third kappa shape index (κ3) is 3.76. The van der Waals surface area contributed by atoms with Crippen molar-refractivity contribution in [3.8, 4) is 5.75 Å². The summed E-state index contributed by atoms with van der Waals surface area (Å²) in [4.78, 5) is 18.3. The van der Waals surface area contributed by atoms with Gasteiger partial charge in [0.25, 0.3) is 0 Å². The largest absolute Gasteiger partial charge is 0.488 e. The smallest absolute Gasteiger partial charge is 0.315 e. The number of carbonyl (C=O) groups excluding carboxylic acids is 1. The van der Waals surface area contributed by atoms with Gasteiger partial charge >= 0.3 is 6.03 Å². The van der Waals surface area contributed by atoms with Gasteiger partial charge in [0.05, 0.1) is 6.54 Å². The summed E-state index contributed by atoms with van der Waals surface area (Å²) in [5.41, 5.74) is 2.16. The molecule has 0 bridgehead atoms. The lowest BCUT2D eigenvalue weighted by Gasteiger charge is -2.17. The molecule has 24 heavy (non-hydrogen) atoms. The van der Waals surface area contributed by atoms with Gasteiger partial charge in [-0.2, -0.15) is 0 Å². The molecule has 0 saturated carbocycles. The molecule has 1 aliphatic heterocycles. The summed E-state index contributed by atoms with van der Waals surface area (Å²) in [6.45, 7) is 0.910. The summed E-state index contributed by atoms with van der Waals surface area (Å²) in [6, 6.07) is 11.6. The minimum Gasteiger partial charge on any atom is -0.488 e. The summed E-state index contributed by atoms with van der Waals surface area (Å²) in [5.74, 6) is 1.77. The molecule has 1 aromatic heterocycles. The van der Waals surface area contributed by atoms with Crippen molar-refractivity contribution in [1.82, 2.24) is 15.6 Å². The number of para-hydroxylation sites is 1. The van der Waals surface area contributed by atoms with Gasteiger partial charge in [-0.1, -0.05) is 24.3 Å². The Kier molecular flexibility index (Phi) is 4.84. The van der Waals surface area contributed by atoms with E-state index in [-0.39, 0.29) is 12.1 Å². The second kappa shape index (κ2) is 7.21. The number of rotatable bonds is 5. The van der Waals surface area contributed by atoms with Crippen LogP contribution in [0.15, 0.2) is 42.6 Å². The highest BCUT2D eigenvalue weighted by Gasteiger charge is 2.22. The topological polar surface area (TPSA) is 66.5 Å². The van der Waals surface area contributed by atoms with Crippen molar-refractivity contribution >= 4 is 11.8 Å². The number of nitrogens with one attached hydrogen (secondary N) is 2. The van der Waals surface area contributed by atoms with Crippen LogP contribution in [0.1, 0.15) is 11.1 Å². The summed E-state index contributed by atoms with van der Waals surface area (Å²) in [6.07, 6.45) is 2.56. The Hall–Kier alpha value is -2.76. The number of benzene rings is 1. The van der Waals surface area contributed by atoms with E-state index in [0.29, 0.717) is 13.1 Å². The maximum atomic E-state index is 12.0. The van der Waals surface area contributed by atoms with Crippen LogP contribution in [-0.2, 0) is 13.0 Å². The van der Waals surface area contributed by atoms with Gasteiger partial charge in [0.2, 0.25) is 0 Å². The van der Waals surface area contributed by atoms with E-state index in [0.717, 1.165) is 23.6 Å². The first-order chi connectivity index (χ1) is 11.6. The molecule has 3 rings (SSSR count). The first-order valence-corrected chi connectivity index (χ1v) is 8.01. The minimum atomic E-state index is -0.205. The predicted molar refractivity (Wildman–Crippen MR) is 93.4 cm³/mol. The van der Waals surface area contributed by atoms with Crippen LogP contribution in [0.3, 0.4) is 0 Å². The molecule has 1 atom stereocenters. The molecule has 0 spiro atoms. The first-order valence-electron chi connectivity index (χ1n) is 8.01. The number of amides is 2. The number of fused-ring (bicyclic) bond motifs is 1. The van der Waals surface area contributed by atoms with E-state index < -0.39 is 0 Å². The number of anilines is 1. The molecular formula is C18H22N4O2. The van der Waals surface area contributed by atoms with Crippen LogP contribution in [-0.4, -0.2) is 37.8 Å². The van der Waals surface area contributed by atoms with E-state index in [4.69, 9.17) is 4.74 Å². The van der Waals surface area contributed by atoms with Crippen molar-refractivity contribution in [2.24, 2.45) is 0 Å². The molecule has 1 unspecified atom stereocenters. The first kappa shape index (κ1) is 16.1. The highest BCUT2D eigenvalue weighted by Crippen LogP contribution is 2.27. The highest BCUT2D eigenvalue weighted by molar-refractivity contribution is 5.74. The molecule has 0 saturated heterocycles. The predicted octanol–water partition coefficient (Wildman–Crippen LogP) is 1.95. The molecule has 2 amide bonds. The van der Waals surface area contributed by atoms with E-state index in [1.807, 2.05) is 49.3 Å². The lowest BCUT2D eigenvalue weighted by atomic mass is 10.1. The molecule has 2 heterocycles. The van der Waals surface area contributed by atoms with Gasteiger partial charge < -0.3 is 20.3 Å². The summed E-state index contributed by atoms with van der Waals surface area (Å²) in [5, 5.41) is 5.74. The van der Waals surface area contributed by atoms with E-state index in [1.54, 1.807) is 6.20 Å². The van der Waals surface area contributed by atoms with Gasteiger partial charge in [-0.3, -0.25) is 0 Å². The summed E-state index contributed by atoms with van der Waals surface area (Å²) >= 11 is 0. The Morgan fingerprint density at radius 2 is 2.08 bits per heavy atom. The average Bonchev–Trinajstić information content (AvgIpc) is 3.01. The van der Waals surface area contributed by atoms with Crippen LogP contribution < -0.4 is 20.3 Å². The third-order valence-electron chi connectivity index (χ3n) is 3.93. The highest BCUT2D eigenvalue weighted by atomic mass is 16.5. The molecule has 0 fully saturated rings. The van der Waals surface area contributed by atoms with E-state index >= 15 is 0 Å². The van der Waals surface area contributed by atoms with Crippen molar-refractivity contribution in [3.63, 3.8) is 0 Å². The van der Waals surface area contributed by atoms with Gasteiger partial charge in [-0.15, -0.1) is 0 Å². The molecule has 0 aliphatic carbocycles. The molecule has 6 heteroatoms. The quantitative estimate of drug-likeness (QED) is 0.881. The Bertz CT molecular complexity index is 693. The van der Waals surface area contributed by atoms with Crippen molar-refractivity contribution in [1.29, 1.82) is 0 Å². The number of pyridine rings is 1. The van der Waals surface area contributed by atoms with Crippen LogP contribution in [0.4, 0.5) is 10.6 Å². The van der Waals surface area contributed by atoms with Gasteiger partial charge in [-0.25, -0.2) is 9.78 Å². The number of urea groups is 1. The van der Waals surface area contributed by atoms with Crippen molar-refractivity contribution in [2.45, 2.75) is 19.1 Å². The molecule has 1 aromatic carbocycles. The Balaban J connectivity index is 1.46. The van der Waals surface area contributed by atoms with Crippen LogP contribution >= 0.6 is 0 Å². The van der Waals surface area contributed by atoms with Gasteiger partial charge in [0.1, 0.15) is 17.7 Å². The Morgan fingerprint density at radius 3 is 2.88 bits per heavy atom. The molecule has 0 radical (unpaired) electrons. The normalized spacial score (nSPS) is 15.3. The summed E-state index contributed by atoms with van der Waals surface area (Å²) in [7, 11) is 3.86. The fourth-order valence-corrected chi connectivity index (χ4v) is 2.78. The maximum absolute atomic E-state index is 12.0. The van der Waals surface area contributed by atoms with Gasteiger partial charge in [0, 0.05) is 38.8 Å². The number of carbonyl (C=O) groups is 1. The monoisotopic (exact) mass is 326 g/mol. The zero-order valence-corrected chi connectivity index (χ0v) is 14.0. The van der Waals surface area contributed by atoms with E-state index in [1.165, 1.54) is 5.56 Å². The second-order valence-electron chi connectivity index (χ2n) is 6.00. The van der Waals surface area contributed by atoms with Crippen LogP contribution in [0, 0.1) is 0 Å². The number of nitrogens with zero attached hydrogens (tertiary/aromatic N) is 2. The zero-order valence-electron chi connectivity index (χ0n) is 14.0. The minimum absolute atomic E-state index is 0.0103. The fourth-order valence-electron chi connectivity index (χ4n) is 2.78. The molecule has 6 nitrogen and oxygen atoms in total. The van der Waals surface area contributed by atoms with Crippen LogP contribution in [0.25, 0.3) is 0 Å². The van der Waals surface area contributed by atoms with Crippen LogP contribution in [0.2, 0.25) is 0 Å². The molecular weight excluding hydrogens is 304 g/mol.